The second kappa shape index (κ2) is 9.82. The van der Waals surface area contributed by atoms with E-state index in [2.05, 4.69) is 0 Å². The van der Waals surface area contributed by atoms with Gasteiger partial charge < -0.3 is 24.4 Å². The number of aryl methyl sites for hydroxylation is 1. The first-order valence-corrected chi connectivity index (χ1v) is 9.21. The van der Waals surface area contributed by atoms with Crippen LogP contribution in [0.25, 0.3) is 0 Å². The Bertz CT molecular complexity index is 658. The summed E-state index contributed by atoms with van der Waals surface area (Å²) in [5, 5.41) is 19.8. The molecule has 0 aromatic heterocycles. The lowest BCUT2D eigenvalue weighted by atomic mass is 9.71. The van der Waals surface area contributed by atoms with Crippen molar-refractivity contribution >= 4 is 11.8 Å². The zero-order valence-electron chi connectivity index (χ0n) is 15.9. The molecule has 1 aliphatic rings. The number of hydrogen-bond acceptors (Lipinski definition) is 7. The number of ether oxygens (including phenoxy) is 3. The number of ketones is 1. The highest BCUT2D eigenvalue weighted by molar-refractivity contribution is 6.05. The molecule has 0 heterocycles. The van der Waals surface area contributed by atoms with Gasteiger partial charge in [0.05, 0.1) is 32.8 Å². The second-order valence-electron chi connectivity index (χ2n) is 6.74. The summed E-state index contributed by atoms with van der Waals surface area (Å²) in [6, 6.07) is 4.95. The molecular formula is C20H28O7. The van der Waals surface area contributed by atoms with Gasteiger partial charge in [-0.1, -0.05) is 12.8 Å². The number of methoxy groups -OCH3 is 1. The molecular weight excluding hydrogens is 352 g/mol. The van der Waals surface area contributed by atoms with E-state index in [0.717, 1.165) is 12.0 Å². The SMILES string of the molecule is COc1ccc(C(=O)C2(O)CCCCC2C(=O)OCCOCCO)cc1C. The number of esters is 1. The van der Waals surface area contributed by atoms with Gasteiger partial charge in [-0.3, -0.25) is 9.59 Å². The van der Waals surface area contributed by atoms with Crippen LogP contribution in [0, 0.1) is 12.8 Å². The number of aliphatic hydroxyl groups excluding tert-OH is 1. The fourth-order valence-corrected chi connectivity index (χ4v) is 3.48. The Kier molecular flexibility index (Phi) is 7.77. The molecule has 7 nitrogen and oxygen atoms in total. The van der Waals surface area contributed by atoms with Crippen LogP contribution in [0.5, 0.6) is 5.75 Å². The molecule has 1 fully saturated rings. The van der Waals surface area contributed by atoms with Gasteiger partial charge in [-0.2, -0.15) is 0 Å². The Labute approximate surface area is 159 Å². The summed E-state index contributed by atoms with van der Waals surface area (Å²) in [6.07, 6.45) is 2.03. The van der Waals surface area contributed by atoms with Crippen LogP contribution in [0.1, 0.15) is 41.6 Å². The molecule has 1 aromatic rings. The molecule has 2 N–H and O–H groups in total. The van der Waals surface area contributed by atoms with Gasteiger partial charge >= 0.3 is 5.97 Å². The summed E-state index contributed by atoms with van der Waals surface area (Å²) in [5.74, 6) is -1.31. The highest BCUT2D eigenvalue weighted by Crippen LogP contribution is 2.37. The molecule has 2 rings (SSSR count). The lowest BCUT2D eigenvalue weighted by Crippen LogP contribution is -2.51. The molecule has 1 aromatic carbocycles. The summed E-state index contributed by atoms with van der Waals surface area (Å²) < 4.78 is 15.5. The van der Waals surface area contributed by atoms with Crippen LogP contribution in [0.3, 0.4) is 0 Å². The van der Waals surface area contributed by atoms with Crippen molar-refractivity contribution in [2.24, 2.45) is 5.92 Å². The molecule has 27 heavy (non-hydrogen) atoms. The van der Waals surface area contributed by atoms with Crippen molar-refractivity contribution in [1.29, 1.82) is 0 Å². The summed E-state index contributed by atoms with van der Waals surface area (Å²) in [7, 11) is 1.55. The average molecular weight is 380 g/mol. The van der Waals surface area contributed by atoms with Crippen molar-refractivity contribution in [3.05, 3.63) is 29.3 Å². The van der Waals surface area contributed by atoms with Crippen LogP contribution in [-0.2, 0) is 14.3 Å². The van der Waals surface area contributed by atoms with E-state index in [1.165, 1.54) is 0 Å². The van der Waals surface area contributed by atoms with Gasteiger partial charge in [0.25, 0.3) is 0 Å². The van der Waals surface area contributed by atoms with Gasteiger partial charge in [0.15, 0.2) is 5.78 Å². The van der Waals surface area contributed by atoms with Crippen LogP contribution in [0.15, 0.2) is 18.2 Å². The predicted molar refractivity (Wildman–Crippen MR) is 97.8 cm³/mol. The standard InChI is InChI=1S/C20H28O7/c1-14-13-15(6-7-17(14)25-2)18(22)20(24)8-4-3-5-16(20)19(23)27-12-11-26-10-9-21/h6-7,13,16,21,24H,3-5,8-12H2,1-2H3. The number of Topliss-reactive ketones (excluding diaryl/α,β-unsaturated/α-hetero) is 1. The first-order valence-electron chi connectivity index (χ1n) is 9.21. The number of carbonyl (C=O) groups is 2. The van der Waals surface area contributed by atoms with E-state index in [0.29, 0.717) is 24.2 Å². The molecule has 7 heteroatoms. The topological polar surface area (TPSA) is 102 Å². The highest BCUT2D eigenvalue weighted by atomic mass is 16.6. The van der Waals surface area contributed by atoms with E-state index in [1.807, 2.05) is 6.92 Å². The first kappa shape index (κ1) is 21.3. The molecule has 2 unspecified atom stereocenters. The van der Waals surface area contributed by atoms with Crippen molar-refractivity contribution in [2.45, 2.75) is 38.2 Å². The first-order chi connectivity index (χ1) is 12.9. The van der Waals surface area contributed by atoms with Gasteiger partial charge in [0.2, 0.25) is 0 Å². The largest absolute Gasteiger partial charge is 0.496 e. The number of rotatable bonds is 9. The van der Waals surface area contributed by atoms with Gasteiger partial charge in [-0.15, -0.1) is 0 Å². The van der Waals surface area contributed by atoms with Crippen LogP contribution in [0.2, 0.25) is 0 Å². The van der Waals surface area contributed by atoms with Crippen molar-refractivity contribution in [1.82, 2.24) is 0 Å². The van der Waals surface area contributed by atoms with E-state index in [4.69, 9.17) is 19.3 Å². The maximum absolute atomic E-state index is 13.1. The van der Waals surface area contributed by atoms with Crippen LogP contribution in [0.4, 0.5) is 0 Å². The molecule has 0 spiro atoms. The number of hydrogen-bond donors (Lipinski definition) is 2. The molecule has 0 amide bonds. The molecule has 0 saturated heterocycles. The Morgan fingerprint density at radius 2 is 2.00 bits per heavy atom. The molecule has 1 saturated carbocycles. The Morgan fingerprint density at radius 1 is 1.22 bits per heavy atom. The molecule has 150 valence electrons. The average Bonchev–Trinajstić information content (AvgIpc) is 2.67. The zero-order chi connectivity index (χ0) is 19.9. The molecule has 0 aliphatic heterocycles. The summed E-state index contributed by atoms with van der Waals surface area (Å²) >= 11 is 0. The van der Waals surface area contributed by atoms with Gasteiger partial charge in [0, 0.05) is 5.56 Å². The number of aliphatic hydroxyl groups is 2. The van der Waals surface area contributed by atoms with Crippen LogP contribution in [-0.4, -0.2) is 61.1 Å². The smallest absolute Gasteiger partial charge is 0.312 e. The minimum absolute atomic E-state index is 0.0151. The van der Waals surface area contributed by atoms with Gasteiger partial charge in [-0.25, -0.2) is 0 Å². The number of carbonyl (C=O) groups excluding carboxylic acids is 2. The third-order valence-electron chi connectivity index (χ3n) is 4.92. The van der Waals surface area contributed by atoms with E-state index < -0.39 is 23.3 Å². The lowest BCUT2D eigenvalue weighted by Gasteiger charge is -2.37. The minimum atomic E-state index is -1.78. The maximum Gasteiger partial charge on any atom is 0.312 e. The quantitative estimate of drug-likeness (QED) is 0.382. The summed E-state index contributed by atoms with van der Waals surface area (Å²) in [5.41, 5.74) is -0.646. The minimum Gasteiger partial charge on any atom is -0.496 e. The second-order valence-corrected chi connectivity index (χ2v) is 6.74. The van der Waals surface area contributed by atoms with Gasteiger partial charge in [0.1, 0.15) is 18.0 Å². The van der Waals surface area contributed by atoms with Crippen molar-refractivity contribution in [3.8, 4) is 5.75 Å². The monoisotopic (exact) mass is 380 g/mol. The summed E-state index contributed by atoms with van der Waals surface area (Å²) in [6.45, 7) is 2.05. The van der Waals surface area contributed by atoms with Crippen molar-refractivity contribution in [3.63, 3.8) is 0 Å². The zero-order valence-corrected chi connectivity index (χ0v) is 15.9. The Hall–Kier alpha value is -1.96. The van der Waals surface area contributed by atoms with Crippen molar-refractivity contribution in [2.75, 3.05) is 33.5 Å². The molecule has 1 aliphatic carbocycles. The lowest BCUT2D eigenvalue weighted by molar-refractivity contribution is -0.160. The maximum atomic E-state index is 13.1. The third kappa shape index (κ3) is 5.06. The third-order valence-corrected chi connectivity index (χ3v) is 4.92. The molecule has 0 bridgehead atoms. The predicted octanol–water partition coefficient (Wildman–Crippen LogP) is 1.66. The fourth-order valence-electron chi connectivity index (χ4n) is 3.48. The Balaban J connectivity index is 2.12. The number of benzene rings is 1. The normalized spacial score (nSPS) is 22.3. The molecule has 0 radical (unpaired) electrons. The van der Waals surface area contributed by atoms with E-state index in [1.54, 1.807) is 25.3 Å². The van der Waals surface area contributed by atoms with E-state index >= 15 is 0 Å². The van der Waals surface area contributed by atoms with Crippen molar-refractivity contribution < 1.29 is 34.0 Å². The van der Waals surface area contributed by atoms with E-state index in [9.17, 15) is 14.7 Å². The van der Waals surface area contributed by atoms with Crippen LogP contribution >= 0.6 is 0 Å². The Morgan fingerprint density at radius 3 is 2.67 bits per heavy atom. The molecule has 2 atom stereocenters. The van der Waals surface area contributed by atoms with E-state index in [-0.39, 0.29) is 32.8 Å². The fraction of sp³-hybridized carbons (Fsp3) is 0.600. The summed E-state index contributed by atoms with van der Waals surface area (Å²) in [4.78, 5) is 25.5. The highest BCUT2D eigenvalue weighted by Gasteiger charge is 2.49. The van der Waals surface area contributed by atoms with Gasteiger partial charge in [-0.05, 0) is 43.5 Å². The van der Waals surface area contributed by atoms with Crippen LogP contribution < -0.4 is 4.74 Å².